The second-order valence-electron chi connectivity index (χ2n) is 13.0. The van der Waals surface area contributed by atoms with Crippen LogP contribution in [0.2, 0.25) is 0 Å². The molecule has 0 fully saturated rings. The smallest absolute Gasteiger partial charge is 0.227 e. The lowest BCUT2D eigenvalue weighted by atomic mass is 9.91. The number of fused-ring (bicyclic) bond motifs is 5. The van der Waals surface area contributed by atoms with Gasteiger partial charge in [0, 0.05) is 29.1 Å². The highest BCUT2D eigenvalue weighted by Crippen LogP contribution is 2.41. The fourth-order valence-corrected chi connectivity index (χ4v) is 7.49. The highest BCUT2D eigenvalue weighted by molar-refractivity contribution is 6.14. The summed E-state index contributed by atoms with van der Waals surface area (Å²) in [5.74, 6) is 0.597. The quantitative estimate of drug-likeness (QED) is 0.174. The van der Waals surface area contributed by atoms with E-state index in [1.807, 2.05) is 12.3 Å². The summed E-state index contributed by atoms with van der Waals surface area (Å²) < 4.78 is 6.69. The topological polar surface area (TPSA) is 38.9 Å². The minimum Gasteiger partial charge on any atom is -0.436 e. The zero-order valence-corrected chi connectivity index (χ0v) is 27.6. The average molecular weight is 651 g/mol. The number of nitrogens with zero attached hydrogens (tertiary/aromatic N) is 2. The predicted molar refractivity (Wildman–Crippen MR) is 212 cm³/mol. The Morgan fingerprint density at radius 2 is 1.06 bits per heavy atom. The van der Waals surface area contributed by atoms with Crippen molar-refractivity contribution in [3.05, 3.63) is 182 Å². The molecular formula is C48H30N2O. The van der Waals surface area contributed by atoms with Gasteiger partial charge in [0.05, 0.1) is 0 Å². The Labute approximate surface area is 295 Å². The summed E-state index contributed by atoms with van der Waals surface area (Å²) in [6.07, 6.45) is 3.71. The van der Waals surface area contributed by atoms with E-state index < -0.39 is 0 Å². The molecule has 51 heavy (non-hydrogen) atoms. The molecule has 0 saturated heterocycles. The van der Waals surface area contributed by atoms with Gasteiger partial charge in [0.2, 0.25) is 5.89 Å². The van der Waals surface area contributed by atoms with E-state index in [1.54, 1.807) is 6.20 Å². The molecule has 2 heterocycles. The first-order chi connectivity index (χ1) is 25.3. The predicted octanol–water partition coefficient (Wildman–Crippen LogP) is 13.0. The van der Waals surface area contributed by atoms with E-state index in [4.69, 9.17) is 9.40 Å². The van der Waals surface area contributed by atoms with Gasteiger partial charge in [0.1, 0.15) is 5.52 Å². The fourth-order valence-electron chi connectivity index (χ4n) is 7.49. The number of hydrogen-bond donors (Lipinski definition) is 0. The first-order valence-electron chi connectivity index (χ1n) is 17.2. The average Bonchev–Trinajstić information content (AvgIpc) is 3.65. The SMILES string of the molecule is c1cncc(-c2cccc(-c3cc(-c4cc5ccccc5c5ccccc45)cc4oc(-c5ccc(-c6cccc7ccccc67)cc5)nc34)c2)c1. The van der Waals surface area contributed by atoms with E-state index in [0.29, 0.717) is 5.89 Å². The Morgan fingerprint density at radius 1 is 0.373 bits per heavy atom. The van der Waals surface area contributed by atoms with Crippen LogP contribution in [-0.4, -0.2) is 9.97 Å². The lowest BCUT2D eigenvalue weighted by Crippen LogP contribution is -1.88. The van der Waals surface area contributed by atoms with Gasteiger partial charge in [-0.3, -0.25) is 4.98 Å². The minimum atomic E-state index is 0.597. The third kappa shape index (κ3) is 5.06. The van der Waals surface area contributed by atoms with E-state index in [9.17, 15) is 0 Å². The van der Waals surface area contributed by atoms with Gasteiger partial charge in [0.15, 0.2) is 5.58 Å². The van der Waals surface area contributed by atoms with Crippen LogP contribution in [0.1, 0.15) is 0 Å². The lowest BCUT2D eigenvalue weighted by Gasteiger charge is -2.13. The molecule has 10 rings (SSSR count). The van der Waals surface area contributed by atoms with Crippen molar-refractivity contribution in [2.45, 2.75) is 0 Å². The summed E-state index contributed by atoms with van der Waals surface area (Å²) in [6, 6.07) is 60.2. The van der Waals surface area contributed by atoms with E-state index >= 15 is 0 Å². The molecule has 3 nitrogen and oxygen atoms in total. The summed E-state index contributed by atoms with van der Waals surface area (Å²) in [6.45, 7) is 0. The number of pyridine rings is 1. The van der Waals surface area contributed by atoms with Gasteiger partial charge in [-0.25, -0.2) is 4.98 Å². The minimum absolute atomic E-state index is 0.597. The van der Waals surface area contributed by atoms with Crippen LogP contribution in [0, 0.1) is 0 Å². The molecule has 0 saturated carbocycles. The second-order valence-corrected chi connectivity index (χ2v) is 13.0. The zero-order valence-electron chi connectivity index (χ0n) is 27.6. The van der Waals surface area contributed by atoms with E-state index in [2.05, 4.69) is 169 Å². The van der Waals surface area contributed by atoms with Crippen molar-refractivity contribution >= 4 is 43.4 Å². The van der Waals surface area contributed by atoms with Gasteiger partial charge in [-0.1, -0.05) is 127 Å². The summed E-state index contributed by atoms with van der Waals surface area (Å²) in [5, 5.41) is 7.35. The Kier molecular flexibility index (Phi) is 6.81. The largest absolute Gasteiger partial charge is 0.436 e. The Morgan fingerprint density at radius 3 is 1.90 bits per heavy atom. The third-order valence-corrected chi connectivity index (χ3v) is 9.97. The maximum absolute atomic E-state index is 6.69. The molecule has 2 aromatic heterocycles. The highest BCUT2D eigenvalue weighted by Gasteiger charge is 2.18. The Bertz CT molecular complexity index is 2900. The monoisotopic (exact) mass is 650 g/mol. The molecule has 3 heteroatoms. The molecule has 10 aromatic rings. The maximum Gasteiger partial charge on any atom is 0.227 e. The second kappa shape index (κ2) is 11.9. The van der Waals surface area contributed by atoms with Crippen LogP contribution in [0.4, 0.5) is 0 Å². The van der Waals surface area contributed by atoms with Crippen LogP contribution in [0.3, 0.4) is 0 Å². The van der Waals surface area contributed by atoms with Crippen molar-refractivity contribution in [1.82, 2.24) is 9.97 Å². The zero-order chi connectivity index (χ0) is 33.7. The number of aromatic nitrogens is 2. The molecule has 0 bridgehead atoms. The standard InChI is InChI=1S/C48H30N2O/c1-3-16-39-31(10-1)12-8-20-40(39)32-21-23-33(24-22-32)48-50-47-45(35-14-7-13-34(26-35)37-15-9-25-49-30-37)28-38(29-46(47)51-48)44-27-36-11-2-4-17-41(36)42-18-5-6-19-43(42)44/h1-30H. The van der Waals surface area contributed by atoms with Crippen LogP contribution in [0.15, 0.2) is 187 Å². The number of rotatable bonds is 5. The molecule has 0 aliphatic rings. The molecule has 238 valence electrons. The molecule has 0 aliphatic carbocycles. The summed E-state index contributed by atoms with van der Waals surface area (Å²) in [7, 11) is 0. The van der Waals surface area contributed by atoms with Gasteiger partial charge in [-0.15, -0.1) is 0 Å². The van der Waals surface area contributed by atoms with Crippen LogP contribution in [0.25, 0.3) is 99.4 Å². The van der Waals surface area contributed by atoms with Gasteiger partial charge >= 0.3 is 0 Å². The molecule has 0 amide bonds. The van der Waals surface area contributed by atoms with E-state index in [0.717, 1.165) is 55.6 Å². The van der Waals surface area contributed by atoms with Gasteiger partial charge in [0.25, 0.3) is 0 Å². The van der Waals surface area contributed by atoms with Crippen molar-refractivity contribution in [1.29, 1.82) is 0 Å². The molecule has 0 aliphatic heterocycles. The lowest BCUT2D eigenvalue weighted by molar-refractivity contribution is 0.620. The van der Waals surface area contributed by atoms with Crippen molar-refractivity contribution in [3.8, 4) is 56.0 Å². The van der Waals surface area contributed by atoms with Crippen LogP contribution < -0.4 is 0 Å². The Hall–Kier alpha value is -6.84. The summed E-state index contributed by atoms with van der Waals surface area (Å²) >= 11 is 0. The molecule has 0 atom stereocenters. The van der Waals surface area contributed by atoms with E-state index in [1.165, 1.54) is 37.9 Å². The molecule has 0 N–H and O–H groups in total. The molecule has 8 aromatic carbocycles. The molecule has 0 unspecified atom stereocenters. The van der Waals surface area contributed by atoms with Crippen LogP contribution in [-0.2, 0) is 0 Å². The number of hydrogen-bond acceptors (Lipinski definition) is 3. The van der Waals surface area contributed by atoms with Crippen LogP contribution >= 0.6 is 0 Å². The van der Waals surface area contributed by atoms with Gasteiger partial charge in [-0.2, -0.15) is 0 Å². The van der Waals surface area contributed by atoms with Crippen molar-refractivity contribution in [2.24, 2.45) is 0 Å². The molecular weight excluding hydrogens is 621 g/mol. The number of benzene rings is 8. The molecule has 0 spiro atoms. The summed E-state index contributed by atoms with van der Waals surface area (Å²) in [5.41, 5.74) is 11.4. The van der Waals surface area contributed by atoms with Gasteiger partial charge in [-0.05, 0) is 108 Å². The fraction of sp³-hybridized carbons (Fsp3) is 0. The van der Waals surface area contributed by atoms with Crippen molar-refractivity contribution in [2.75, 3.05) is 0 Å². The first kappa shape index (κ1) is 29.1. The van der Waals surface area contributed by atoms with Crippen molar-refractivity contribution < 1.29 is 4.42 Å². The molecule has 0 radical (unpaired) electrons. The van der Waals surface area contributed by atoms with Crippen molar-refractivity contribution in [3.63, 3.8) is 0 Å². The van der Waals surface area contributed by atoms with Gasteiger partial charge < -0.3 is 4.42 Å². The normalized spacial score (nSPS) is 11.5. The Balaban J connectivity index is 1.16. The highest BCUT2D eigenvalue weighted by atomic mass is 16.3. The number of oxazole rings is 1. The third-order valence-electron chi connectivity index (χ3n) is 9.97. The van der Waals surface area contributed by atoms with Crippen LogP contribution in [0.5, 0.6) is 0 Å². The maximum atomic E-state index is 6.69. The van der Waals surface area contributed by atoms with E-state index in [-0.39, 0.29) is 0 Å². The summed E-state index contributed by atoms with van der Waals surface area (Å²) in [4.78, 5) is 9.55. The first-order valence-corrected chi connectivity index (χ1v) is 17.2.